The van der Waals surface area contributed by atoms with Gasteiger partial charge in [0.15, 0.2) is 0 Å². The molecule has 0 radical (unpaired) electrons. The molecule has 7 rings (SSSR count). The maximum absolute atomic E-state index is 13.6. The van der Waals surface area contributed by atoms with Crippen LogP contribution >= 0.6 is 45.9 Å². The van der Waals surface area contributed by atoms with E-state index < -0.39 is 30.3 Å². The van der Waals surface area contributed by atoms with Gasteiger partial charge in [-0.2, -0.15) is 0 Å². The van der Waals surface area contributed by atoms with Gasteiger partial charge in [-0.15, -0.1) is 22.7 Å². The zero-order chi connectivity index (χ0) is 40.8. The zero-order valence-electron chi connectivity index (χ0n) is 30.6. The fourth-order valence-electron chi connectivity index (χ4n) is 6.33. The first-order chi connectivity index (χ1) is 28.0. The monoisotopic (exact) mass is 870 g/mol. The third-order valence-electron chi connectivity index (χ3n) is 9.21. The van der Waals surface area contributed by atoms with Crippen LogP contribution in [0.25, 0.3) is 0 Å². The molecule has 0 saturated carbocycles. The van der Waals surface area contributed by atoms with Crippen LogP contribution in [0.3, 0.4) is 0 Å². The van der Waals surface area contributed by atoms with Gasteiger partial charge in [0, 0.05) is 41.2 Å². The van der Waals surface area contributed by atoms with E-state index in [0.29, 0.717) is 55.0 Å². The van der Waals surface area contributed by atoms with Gasteiger partial charge in [0.1, 0.15) is 25.4 Å². The summed E-state index contributed by atoms with van der Waals surface area (Å²) in [5.74, 6) is -1.22. The third kappa shape index (κ3) is 9.88. The van der Waals surface area contributed by atoms with Crippen molar-refractivity contribution >= 4 is 104 Å². The molecule has 20 heteroatoms. The van der Waals surface area contributed by atoms with E-state index in [1.54, 1.807) is 77.0 Å². The normalized spacial score (nSPS) is 18.0. The van der Waals surface area contributed by atoms with Gasteiger partial charge in [-0.1, -0.05) is 23.2 Å². The number of amides is 6. The van der Waals surface area contributed by atoms with Gasteiger partial charge in [-0.05, 0) is 66.7 Å². The van der Waals surface area contributed by atoms with E-state index in [1.807, 2.05) is 0 Å². The van der Waals surface area contributed by atoms with Crippen molar-refractivity contribution < 1.29 is 47.7 Å². The quantitative estimate of drug-likeness (QED) is 0.154. The molecular weight excluding hydrogens is 835 g/mol. The number of halogens is 2. The van der Waals surface area contributed by atoms with E-state index in [2.05, 4.69) is 10.6 Å². The fraction of sp³-hybridized carbons (Fsp3) is 0.316. The number of carbonyl (C=O) groups excluding carboxylic acids is 6. The molecule has 5 heterocycles. The highest BCUT2D eigenvalue weighted by Gasteiger charge is 2.34. The molecule has 3 aliphatic heterocycles. The lowest BCUT2D eigenvalue weighted by Gasteiger charge is -2.27. The molecule has 16 nitrogen and oxygen atoms in total. The van der Waals surface area contributed by atoms with Crippen LogP contribution in [0.1, 0.15) is 19.3 Å². The Labute approximate surface area is 350 Å². The van der Waals surface area contributed by atoms with Crippen molar-refractivity contribution in [1.82, 2.24) is 10.6 Å². The largest absolute Gasteiger partial charge is 0.442 e. The van der Waals surface area contributed by atoms with Gasteiger partial charge in [0.25, 0.3) is 17.7 Å². The van der Waals surface area contributed by atoms with Crippen LogP contribution in [-0.2, 0) is 28.5 Å². The Morgan fingerprint density at radius 3 is 2.02 bits per heavy atom. The number of benzene rings is 2. The summed E-state index contributed by atoms with van der Waals surface area (Å²) in [7, 11) is 0. The van der Waals surface area contributed by atoms with Crippen LogP contribution in [0.5, 0.6) is 0 Å². The molecule has 0 unspecified atom stereocenters. The standard InChI is InChI=1S/C38H36Cl2N6O10S2/c39-23-15-31(57-22-23)36(50)44(25-3-7-27(8-4-25)46-19-29(56-38(46)52)17-42-35(49)30-9-10-32(40)58-30)12-14-53-20-33(47)41-16-28-18-45(37(51)55-28)26-5-1-24(2-6-26)43-11-13-54-21-34(43)48/h1-10,15,22,28-29H,11-14,16-21H2,(H,41,47)(H,42,49)/t28-,29-/m0/s1. The number of rotatable bonds is 15. The minimum atomic E-state index is -0.601. The van der Waals surface area contributed by atoms with Crippen molar-refractivity contribution in [3.05, 3.63) is 91.2 Å². The van der Waals surface area contributed by atoms with Gasteiger partial charge < -0.3 is 39.4 Å². The van der Waals surface area contributed by atoms with E-state index in [0.717, 1.165) is 11.3 Å². The molecule has 3 aliphatic rings. The molecule has 2 aromatic carbocycles. The molecule has 58 heavy (non-hydrogen) atoms. The Morgan fingerprint density at radius 2 is 1.43 bits per heavy atom. The molecule has 304 valence electrons. The number of hydrogen-bond donors (Lipinski definition) is 2. The van der Waals surface area contributed by atoms with Crippen molar-refractivity contribution in [3.8, 4) is 0 Å². The zero-order valence-corrected chi connectivity index (χ0v) is 33.7. The number of hydrogen-bond acceptors (Lipinski definition) is 12. The van der Waals surface area contributed by atoms with E-state index >= 15 is 0 Å². The van der Waals surface area contributed by atoms with Gasteiger partial charge in [0.2, 0.25) is 5.91 Å². The molecule has 4 aromatic rings. The summed E-state index contributed by atoms with van der Waals surface area (Å²) in [6.07, 6.45) is -2.31. The number of carbonyl (C=O) groups is 6. The summed E-state index contributed by atoms with van der Waals surface area (Å²) < 4.78 is 22.2. The summed E-state index contributed by atoms with van der Waals surface area (Å²) in [5, 5.41) is 7.55. The average Bonchev–Trinajstić information content (AvgIpc) is 4.03. The number of cyclic esters (lactones) is 2. The second kappa shape index (κ2) is 18.6. The lowest BCUT2D eigenvalue weighted by Crippen LogP contribution is -2.41. The molecule has 3 saturated heterocycles. The van der Waals surface area contributed by atoms with E-state index in [1.165, 1.54) is 26.0 Å². The summed E-state index contributed by atoms with van der Waals surface area (Å²) in [5.41, 5.74) is 2.34. The van der Waals surface area contributed by atoms with Gasteiger partial charge in [-0.25, -0.2) is 9.59 Å². The lowest BCUT2D eigenvalue weighted by atomic mass is 10.2. The molecule has 2 aromatic heterocycles. The SMILES string of the molecule is O=C(COCCN(C(=O)c1cc(Cl)cs1)c1ccc(N2C[C@H](CNC(=O)c3ccc(Cl)s3)OC2=O)cc1)NC[C@H]1CN(c2ccc(N3CCOCC3=O)cc2)C(=O)O1. The number of anilines is 4. The molecule has 0 spiro atoms. The van der Waals surface area contributed by atoms with Crippen LogP contribution in [0.15, 0.2) is 72.1 Å². The number of thiophene rings is 2. The predicted octanol–water partition coefficient (Wildman–Crippen LogP) is 5.04. The highest BCUT2D eigenvalue weighted by atomic mass is 35.5. The fourth-order valence-corrected chi connectivity index (χ4v) is 8.31. The molecule has 0 aliphatic carbocycles. The molecule has 3 fully saturated rings. The van der Waals surface area contributed by atoms with Crippen LogP contribution in [0.2, 0.25) is 9.36 Å². The van der Waals surface area contributed by atoms with Crippen LogP contribution in [-0.4, -0.2) is 114 Å². The van der Waals surface area contributed by atoms with Crippen LogP contribution < -0.4 is 30.2 Å². The predicted molar refractivity (Wildman–Crippen MR) is 218 cm³/mol. The highest BCUT2D eigenvalue weighted by molar-refractivity contribution is 7.18. The van der Waals surface area contributed by atoms with E-state index in [4.69, 9.17) is 42.1 Å². The third-order valence-corrected chi connectivity index (χ3v) is 11.7. The van der Waals surface area contributed by atoms with Crippen molar-refractivity contribution in [2.45, 2.75) is 12.2 Å². The molecule has 2 atom stereocenters. The van der Waals surface area contributed by atoms with Crippen LogP contribution in [0, 0.1) is 0 Å². The van der Waals surface area contributed by atoms with Gasteiger partial charge in [0.05, 0.1) is 58.5 Å². The van der Waals surface area contributed by atoms with Crippen molar-refractivity contribution in [2.24, 2.45) is 0 Å². The maximum Gasteiger partial charge on any atom is 0.414 e. The van der Waals surface area contributed by atoms with E-state index in [9.17, 15) is 28.8 Å². The van der Waals surface area contributed by atoms with Crippen molar-refractivity contribution in [2.75, 3.05) is 85.3 Å². The first kappa shape index (κ1) is 40.9. The molecular formula is C38H36Cl2N6O10S2. The van der Waals surface area contributed by atoms with Crippen molar-refractivity contribution in [1.29, 1.82) is 0 Å². The number of nitrogens with one attached hydrogen (secondary N) is 2. The molecule has 6 amide bonds. The highest BCUT2D eigenvalue weighted by Crippen LogP contribution is 2.29. The molecule has 0 bridgehead atoms. The Hall–Kier alpha value is -5.24. The Morgan fingerprint density at radius 1 is 0.810 bits per heavy atom. The Balaban J connectivity index is 0.883. The van der Waals surface area contributed by atoms with Crippen molar-refractivity contribution in [3.63, 3.8) is 0 Å². The summed E-state index contributed by atoms with van der Waals surface area (Å²) in [6, 6.07) is 18.5. The summed E-state index contributed by atoms with van der Waals surface area (Å²) in [6.45, 7) is 1.28. The Kier molecular flexibility index (Phi) is 13.1. The summed E-state index contributed by atoms with van der Waals surface area (Å²) in [4.78, 5) is 83.1. The van der Waals surface area contributed by atoms with Crippen LogP contribution in [0.4, 0.5) is 32.3 Å². The second-order valence-electron chi connectivity index (χ2n) is 13.1. The Bertz CT molecular complexity index is 2170. The average molecular weight is 872 g/mol. The topological polar surface area (TPSA) is 176 Å². The van der Waals surface area contributed by atoms with E-state index in [-0.39, 0.29) is 70.3 Å². The lowest BCUT2D eigenvalue weighted by molar-refractivity contribution is -0.126. The van der Waals surface area contributed by atoms with Gasteiger partial charge >= 0.3 is 12.2 Å². The minimum absolute atomic E-state index is 0.00177. The maximum atomic E-state index is 13.6. The van der Waals surface area contributed by atoms with Gasteiger partial charge in [-0.3, -0.25) is 29.0 Å². The molecule has 2 N–H and O–H groups in total. The second-order valence-corrected chi connectivity index (χ2v) is 16.2. The first-order valence-electron chi connectivity index (χ1n) is 18.0. The summed E-state index contributed by atoms with van der Waals surface area (Å²) >= 11 is 14.4. The number of ether oxygens (including phenoxy) is 4. The first-order valence-corrected chi connectivity index (χ1v) is 20.5. The smallest absolute Gasteiger partial charge is 0.414 e. The minimum Gasteiger partial charge on any atom is -0.442 e. The number of nitrogens with zero attached hydrogens (tertiary/aromatic N) is 4. The number of morpholine rings is 1.